The molecule has 3 aromatic carbocycles. The van der Waals surface area contributed by atoms with E-state index in [-0.39, 0.29) is 42.3 Å². The molecule has 4 fully saturated rings. The number of hydrogen-bond acceptors (Lipinski definition) is 27. The van der Waals surface area contributed by atoms with Gasteiger partial charge in [0.05, 0.1) is 67.8 Å². The molecule has 0 bridgehead atoms. The fourth-order valence-electron chi connectivity index (χ4n) is 13.2. The van der Waals surface area contributed by atoms with Crippen LogP contribution in [0.4, 0.5) is 0 Å². The third-order valence-electron chi connectivity index (χ3n) is 18.8. The molecule has 548 valence electrons. The standard InChI is InChI=1S/C66H86N12O21S2/c1-34-29-77-56(57(34)87)62(92)68-28-42(82)26-46(69-58(88)38-11-9-37(10-12-38)47-31-78-66(70-47)100-63(74-78)39-13-15-44(16-14-39)96-45-19-22-75(23-20-45)41-6-4-3-5-7-41)59(89)71-53(35(2)81)64(93)76-30-43(83)27-48(76)60(90)72-54(51(86)24-36-8-17-49(84)52(25-36)97-101-99-98-95)61(91)73-55(65(77)94)50(85)18-21-67-40(32-79)33-80/h8-17,19,25,31,34-35,40-43,46,48,50-51,53-57,67,79-87,95H,3-7,18,20-24,26-30,32-33H2,1-2H3,(H,68,92)(H,69,88)(H,71,89)(H,72,90)(H,73,91)/t34-,35+,42+,43+,46?,48-,50+,51+,53-,54-,55-,56-,57-/m0/s1. The van der Waals surface area contributed by atoms with Crippen LogP contribution in [0.2, 0.25) is 0 Å². The van der Waals surface area contributed by atoms with Crippen LogP contribution in [0.1, 0.15) is 87.6 Å². The van der Waals surface area contributed by atoms with Crippen LogP contribution >= 0.6 is 23.7 Å². The van der Waals surface area contributed by atoms with Crippen molar-refractivity contribution >= 4 is 70.0 Å². The summed E-state index contributed by atoms with van der Waals surface area (Å²) in [4.78, 5) is 112. The number of carbonyl (C=O) groups excluding carboxylic acids is 7. The highest BCUT2D eigenvalue weighted by molar-refractivity contribution is 7.90. The van der Waals surface area contributed by atoms with Gasteiger partial charge in [-0.15, -0.1) is 0 Å². The Morgan fingerprint density at radius 3 is 2.19 bits per heavy atom. The minimum Gasteiger partial charge on any atom is -0.504 e. The van der Waals surface area contributed by atoms with Gasteiger partial charge in [-0.2, -0.15) is 5.10 Å². The first-order chi connectivity index (χ1) is 48.5. The molecule has 1 unspecified atom stereocenters. The van der Waals surface area contributed by atoms with E-state index >= 15 is 4.79 Å². The molecule has 33 nitrogen and oxygen atoms in total. The number of carbonyl (C=O) groups is 7. The predicted octanol–water partition coefficient (Wildman–Crippen LogP) is -1.22. The molecular formula is C66H86N12O21S2. The smallest absolute Gasteiger partial charge is 0.261 e. The van der Waals surface area contributed by atoms with Crippen molar-refractivity contribution in [2.45, 2.75) is 163 Å². The van der Waals surface area contributed by atoms with Crippen LogP contribution in [0.15, 0.2) is 84.8 Å². The minimum absolute atomic E-state index is 0.00956. The summed E-state index contributed by atoms with van der Waals surface area (Å²) in [6.07, 6.45) is -1.52. The van der Waals surface area contributed by atoms with Gasteiger partial charge in [0.1, 0.15) is 52.8 Å². The first kappa shape index (κ1) is 75.7. The third kappa shape index (κ3) is 18.8. The second-order valence-corrected chi connectivity index (χ2v) is 27.5. The lowest BCUT2D eigenvalue weighted by Gasteiger charge is -2.36. The highest BCUT2D eigenvalue weighted by Gasteiger charge is 2.50. The molecule has 5 aliphatic rings. The van der Waals surface area contributed by atoms with E-state index in [2.05, 4.69) is 52.2 Å². The maximum absolute atomic E-state index is 15.0. The van der Waals surface area contributed by atoms with Gasteiger partial charge in [-0.3, -0.25) is 38.5 Å². The Morgan fingerprint density at radius 1 is 0.802 bits per heavy atom. The molecule has 5 aromatic rings. The Morgan fingerprint density at radius 2 is 1.50 bits per heavy atom. The van der Waals surface area contributed by atoms with Gasteiger partial charge in [0, 0.05) is 87.1 Å². The second-order valence-electron chi connectivity index (χ2n) is 26.1. The number of phenolic OH excluding ortho intramolecular Hbond substituents is 1. The number of benzene rings is 3. The number of amides is 7. The Balaban J connectivity index is 0.887. The van der Waals surface area contributed by atoms with Crippen LogP contribution in [0.25, 0.3) is 26.8 Å². The van der Waals surface area contributed by atoms with Crippen molar-refractivity contribution in [3.8, 4) is 39.1 Å². The van der Waals surface area contributed by atoms with Crippen molar-refractivity contribution in [3.63, 3.8) is 0 Å². The van der Waals surface area contributed by atoms with Crippen molar-refractivity contribution in [1.82, 2.24) is 61.2 Å². The highest BCUT2D eigenvalue weighted by atomic mass is 32.2. The second kappa shape index (κ2) is 34.8. The normalized spacial score (nSPS) is 25.8. The summed E-state index contributed by atoms with van der Waals surface area (Å²) >= 11 is 1.43. The fourth-order valence-corrected chi connectivity index (χ4v) is 14.4. The third-order valence-corrected chi connectivity index (χ3v) is 20.2. The van der Waals surface area contributed by atoms with Crippen molar-refractivity contribution in [3.05, 3.63) is 95.9 Å². The van der Waals surface area contributed by atoms with E-state index in [9.17, 15) is 74.7 Å². The van der Waals surface area contributed by atoms with E-state index in [0.717, 1.165) is 70.4 Å². The van der Waals surface area contributed by atoms with Crippen molar-refractivity contribution in [2.75, 3.05) is 52.5 Å². The number of aliphatic hydroxyl groups excluding tert-OH is 8. The van der Waals surface area contributed by atoms with Crippen LogP contribution < -0.4 is 40.8 Å². The zero-order chi connectivity index (χ0) is 72.2. The Hall–Kier alpha value is -7.98. The first-order valence-corrected chi connectivity index (χ1v) is 34.9. The van der Waals surface area contributed by atoms with E-state index in [4.69, 9.17) is 24.3 Å². The van der Waals surface area contributed by atoms with Crippen LogP contribution in [0.3, 0.4) is 0 Å². The van der Waals surface area contributed by atoms with Gasteiger partial charge < -0.3 is 96.6 Å². The van der Waals surface area contributed by atoms with Crippen LogP contribution in [-0.2, 0) is 44.6 Å². The molecule has 101 heavy (non-hydrogen) atoms. The van der Waals surface area contributed by atoms with Crippen LogP contribution in [0.5, 0.6) is 17.2 Å². The zero-order valence-corrected chi connectivity index (χ0v) is 57.0. The number of aromatic nitrogens is 3. The molecular weight excluding hydrogens is 1360 g/mol. The van der Waals surface area contributed by atoms with Crippen LogP contribution in [0, 0.1) is 5.92 Å². The summed E-state index contributed by atoms with van der Waals surface area (Å²) in [6.45, 7) is 1.53. The molecule has 1 saturated carbocycles. The molecule has 0 spiro atoms. The number of nitrogens with one attached hydrogen (secondary N) is 6. The summed E-state index contributed by atoms with van der Waals surface area (Å²) in [5, 5.41) is 132. The molecule has 13 atom stereocenters. The number of aromatic hydroxyl groups is 1. The Labute approximate surface area is 588 Å². The van der Waals surface area contributed by atoms with Gasteiger partial charge in [-0.05, 0) is 92.9 Å². The van der Waals surface area contributed by atoms with E-state index < -0.39 is 184 Å². The number of fused-ring (bicyclic) bond motifs is 3. The summed E-state index contributed by atoms with van der Waals surface area (Å²) in [5.74, 6) is -7.94. The molecule has 16 N–H and O–H groups in total. The number of imidazole rings is 1. The van der Waals surface area contributed by atoms with Gasteiger partial charge in [0.15, 0.2) is 11.5 Å². The summed E-state index contributed by atoms with van der Waals surface area (Å²) < 4.78 is 17.3. The van der Waals surface area contributed by atoms with E-state index in [1.54, 1.807) is 22.8 Å². The summed E-state index contributed by atoms with van der Waals surface area (Å²) in [5.41, 5.74) is 2.09. The van der Waals surface area contributed by atoms with Crippen molar-refractivity contribution in [1.29, 1.82) is 0 Å². The molecule has 35 heteroatoms. The number of aliphatic hydroxyl groups is 8. The summed E-state index contributed by atoms with van der Waals surface area (Å²) in [6, 6.07) is 5.71. The molecule has 10 rings (SSSR count). The van der Waals surface area contributed by atoms with Crippen molar-refractivity contribution in [2.24, 2.45) is 5.92 Å². The molecule has 1 aliphatic carbocycles. The number of nitrogens with zero attached hydrogens (tertiary/aromatic N) is 6. The fraction of sp³-hybridized carbons (Fsp3) is 0.530. The van der Waals surface area contributed by atoms with Crippen molar-refractivity contribution < 1.29 is 103 Å². The van der Waals surface area contributed by atoms with Gasteiger partial charge in [0.2, 0.25) is 40.4 Å². The Kier molecular flexibility index (Phi) is 26.1. The SMILES string of the molecule is C[C@@H](O)[C@@H]1NC(=O)C(NC(=O)c2ccc(-c3cn4nc(-c5ccc(OC6=CCN(C7CCCCC7)CC6)cc5)sc4n3)cc2)C[C@@H](O)CNC(=O)[C@@H]2[C@@H](O)[C@@H](C)CN2C(=O)[C@H]([C@H](O)CCNC(CO)CO)NC(=O)[C@H]([C@H](O)Cc2ccc(O)c(OSOOO)c2)NC(=O)[C@@H]2C[C@@H](O)CN2C1=O. The molecule has 4 aliphatic heterocycles. The Bertz CT molecular complexity index is 3690. The monoisotopic (exact) mass is 1450 g/mol. The van der Waals surface area contributed by atoms with Crippen LogP contribution in [-0.4, -0.2) is 259 Å². The quantitative estimate of drug-likeness (QED) is 0.0167. The molecule has 3 saturated heterocycles. The topological polar surface area (TPSA) is 471 Å². The maximum Gasteiger partial charge on any atom is 0.261 e. The maximum atomic E-state index is 15.0. The van der Waals surface area contributed by atoms with E-state index in [0.29, 0.717) is 22.3 Å². The largest absolute Gasteiger partial charge is 0.504 e. The number of rotatable bonds is 22. The van der Waals surface area contributed by atoms with E-state index in [1.807, 2.05) is 24.3 Å². The lowest BCUT2D eigenvalue weighted by atomic mass is 9.93. The molecule has 2 aromatic heterocycles. The zero-order valence-electron chi connectivity index (χ0n) is 55.4. The molecule has 7 amide bonds. The number of hydrogen-bond donors (Lipinski definition) is 16. The number of phenols is 1. The van der Waals surface area contributed by atoms with Gasteiger partial charge >= 0.3 is 0 Å². The lowest BCUT2D eigenvalue weighted by Crippen LogP contribution is -2.64. The van der Waals surface area contributed by atoms with Gasteiger partial charge in [-0.25, -0.2) is 14.8 Å². The number of β-amino-alcohol motifs (C(OH)–C–C–N with tert-alkyl or cyclic N) is 1. The van der Waals surface area contributed by atoms with Gasteiger partial charge in [0.25, 0.3) is 18.2 Å². The average molecular weight is 1450 g/mol. The van der Waals surface area contributed by atoms with Gasteiger partial charge in [-0.1, -0.05) is 65.1 Å². The van der Waals surface area contributed by atoms with E-state index in [1.165, 1.54) is 68.6 Å². The lowest BCUT2D eigenvalue weighted by molar-refractivity contribution is -0.433. The average Bonchev–Trinajstić information content (AvgIpc) is 1.70. The highest BCUT2D eigenvalue weighted by Crippen LogP contribution is 2.34. The summed E-state index contributed by atoms with van der Waals surface area (Å²) in [7, 11) is 0. The molecule has 6 heterocycles. The first-order valence-electron chi connectivity index (χ1n) is 33.5. The minimum atomic E-state index is -2.16. The number of ether oxygens (including phenoxy) is 1. The molecule has 0 radical (unpaired) electrons. The predicted molar refractivity (Wildman–Crippen MR) is 360 cm³/mol.